The molecule has 0 radical (unpaired) electrons. The van der Waals surface area contributed by atoms with Crippen LogP contribution >= 0.6 is 23.2 Å². The molecule has 0 spiro atoms. The summed E-state index contributed by atoms with van der Waals surface area (Å²) >= 11 is 12.3. The van der Waals surface area contributed by atoms with Crippen molar-refractivity contribution >= 4 is 29.1 Å². The lowest BCUT2D eigenvalue weighted by Gasteiger charge is -2.43. The number of piperidine rings is 1. The first-order valence-corrected chi connectivity index (χ1v) is 9.68. The van der Waals surface area contributed by atoms with Crippen LogP contribution in [0.3, 0.4) is 0 Å². The molecule has 1 N–H and O–H groups in total. The van der Waals surface area contributed by atoms with Gasteiger partial charge < -0.3 is 10.0 Å². The molecule has 1 unspecified atom stereocenters. The van der Waals surface area contributed by atoms with Crippen LogP contribution < -0.4 is 0 Å². The van der Waals surface area contributed by atoms with Crippen molar-refractivity contribution in [1.82, 2.24) is 4.90 Å². The van der Waals surface area contributed by atoms with E-state index in [1.165, 1.54) is 0 Å². The topological polar surface area (TPSA) is 40.5 Å². The summed E-state index contributed by atoms with van der Waals surface area (Å²) in [5.41, 5.74) is 1.77. The molecule has 1 atom stereocenters. The molecule has 138 valence electrons. The lowest BCUT2D eigenvalue weighted by Crippen LogP contribution is -2.49. The Labute approximate surface area is 164 Å². The second-order valence-electron chi connectivity index (χ2n) is 6.96. The minimum atomic E-state index is -0.284. The number of rotatable bonds is 5. The van der Waals surface area contributed by atoms with Gasteiger partial charge in [-0.05, 0) is 42.5 Å². The van der Waals surface area contributed by atoms with Crippen LogP contribution in [0, 0.1) is 0 Å². The molecule has 3 nitrogen and oxygen atoms in total. The van der Waals surface area contributed by atoms with Gasteiger partial charge in [0.05, 0.1) is 16.5 Å². The number of carbonyl (C=O) groups is 1. The number of halogens is 2. The highest BCUT2D eigenvalue weighted by Crippen LogP contribution is 2.39. The third-order valence-electron chi connectivity index (χ3n) is 5.25. The number of hydrogen-bond acceptors (Lipinski definition) is 2. The average molecular weight is 392 g/mol. The Morgan fingerprint density at radius 1 is 1.12 bits per heavy atom. The first kappa shape index (κ1) is 19.2. The molecule has 1 heterocycles. The molecule has 1 fully saturated rings. The minimum Gasteiger partial charge on any atom is -0.396 e. The normalized spacial score (nSPS) is 20.2. The molecule has 1 aliphatic rings. The van der Waals surface area contributed by atoms with E-state index in [1.54, 1.807) is 6.07 Å². The molecule has 0 aliphatic carbocycles. The zero-order valence-corrected chi connectivity index (χ0v) is 16.1. The Bertz CT molecular complexity index is 762. The molecule has 1 amide bonds. The fourth-order valence-corrected chi connectivity index (χ4v) is 4.15. The number of benzene rings is 2. The van der Waals surface area contributed by atoms with Gasteiger partial charge in [-0.15, -0.1) is 0 Å². The number of amides is 1. The predicted octanol–water partition coefficient (Wildman–Crippen LogP) is 4.48. The van der Waals surface area contributed by atoms with Gasteiger partial charge in [0.25, 0.3) is 0 Å². The van der Waals surface area contributed by atoms with Crippen molar-refractivity contribution in [3.63, 3.8) is 0 Å². The molecule has 2 aromatic carbocycles. The van der Waals surface area contributed by atoms with Crippen molar-refractivity contribution in [2.24, 2.45) is 0 Å². The summed E-state index contributed by atoms with van der Waals surface area (Å²) in [5.74, 6) is 0.123. The van der Waals surface area contributed by atoms with Crippen LogP contribution in [0.2, 0.25) is 10.0 Å². The van der Waals surface area contributed by atoms with E-state index in [-0.39, 0.29) is 17.9 Å². The molecule has 0 aromatic heterocycles. The quantitative estimate of drug-likeness (QED) is 0.815. The van der Waals surface area contributed by atoms with E-state index in [2.05, 4.69) is 0 Å². The largest absolute Gasteiger partial charge is 0.396 e. The van der Waals surface area contributed by atoms with Crippen LogP contribution in [-0.2, 0) is 16.6 Å². The Hall–Kier alpha value is -1.55. The summed E-state index contributed by atoms with van der Waals surface area (Å²) < 4.78 is 0. The molecule has 26 heavy (non-hydrogen) atoms. The van der Waals surface area contributed by atoms with Crippen LogP contribution in [0.15, 0.2) is 48.5 Å². The number of aliphatic hydroxyl groups excluding tert-OH is 1. The van der Waals surface area contributed by atoms with Gasteiger partial charge in [-0.25, -0.2) is 0 Å². The summed E-state index contributed by atoms with van der Waals surface area (Å²) in [5, 5.41) is 10.7. The van der Waals surface area contributed by atoms with E-state index < -0.39 is 0 Å². The molecule has 0 saturated carbocycles. The van der Waals surface area contributed by atoms with Crippen molar-refractivity contribution in [3.8, 4) is 0 Å². The monoisotopic (exact) mass is 391 g/mol. The molecular weight excluding hydrogens is 369 g/mol. The van der Waals surface area contributed by atoms with E-state index >= 15 is 0 Å². The Morgan fingerprint density at radius 3 is 2.58 bits per heavy atom. The highest BCUT2D eigenvalue weighted by atomic mass is 35.5. The minimum absolute atomic E-state index is 0.0704. The van der Waals surface area contributed by atoms with E-state index in [9.17, 15) is 9.90 Å². The SMILES string of the molecule is O=C(Cc1ccccc1)N1CCCC(CCO)(c2ccc(Cl)c(Cl)c2)C1. The number of hydrogen-bond donors (Lipinski definition) is 1. The van der Waals surface area contributed by atoms with Gasteiger partial charge in [-0.1, -0.05) is 59.6 Å². The second-order valence-corrected chi connectivity index (χ2v) is 7.78. The van der Waals surface area contributed by atoms with Gasteiger partial charge in [-0.3, -0.25) is 4.79 Å². The number of aliphatic hydroxyl groups is 1. The summed E-state index contributed by atoms with van der Waals surface area (Å²) in [7, 11) is 0. The van der Waals surface area contributed by atoms with Crippen LogP contribution in [0.4, 0.5) is 0 Å². The molecule has 1 aliphatic heterocycles. The fourth-order valence-electron chi connectivity index (χ4n) is 3.85. The van der Waals surface area contributed by atoms with E-state index in [1.807, 2.05) is 47.4 Å². The zero-order chi connectivity index (χ0) is 18.6. The maximum atomic E-state index is 12.8. The Kier molecular flexibility index (Phi) is 6.23. The summed E-state index contributed by atoms with van der Waals surface area (Å²) in [6, 6.07) is 15.4. The average Bonchev–Trinajstić information content (AvgIpc) is 2.65. The van der Waals surface area contributed by atoms with E-state index in [0.29, 0.717) is 29.4 Å². The van der Waals surface area contributed by atoms with Crippen molar-refractivity contribution < 1.29 is 9.90 Å². The fraction of sp³-hybridized carbons (Fsp3) is 0.381. The van der Waals surface area contributed by atoms with Gasteiger partial charge in [-0.2, -0.15) is 0 Å². The maximum Gasteiger partial charge on any atom is 0.227 e. The summed E-state index contributed by atoms with van der Waals surface area (Å²) in [6.45, 7) is 1.41. The third-order valence-corrected chi connectivity index (χ3v) is 5.99. The number of likely N-dealkylation sites (tertiary alicyclic amines) is 1. The first-order chi connectivity index (χ1) is 12.5. The lowest BCUT2D eigenvalue weighted by molar-refractivity contribution is -0.133. The standard InChI is InChI=1S/C21H23Cl2NO2/c22-18-8-7-17(14-19(18)23)21(10-12-25)9-4-11-24(15-21)20(26)13-16-5-2-1-3-6-16/h1-3,5-8,14,25H,4,9-13,15H2. The van der Waals surface area contributed by atoms with E-state index in [0.717, 1.165) is 30.5 Å². The number of nitrogens with zero attached hydrogens (tertiary/aromatic N) is 1. The lowest BCUT2D eigenvalue weighted by atomic mass is 9.72. The number of carbonyl (C=O) groups excluding carboxylic acids is 1. The van der Waals surface area contributed by atoms with Crippen LogP contribution in [0.5, 0.6) is 0 Å². The molecule has 2 aromatic rings. The smallest absolute Gasteiger partial charge is 0.227 e. The Balaban J connectivity index is 1.82. The molecule has 5 heteroatoms. The van der Waals surface area contributed by atoms with Gasteiger partial charge in [0.1, 0.15) is 0 Å². The molecule has 3 rings (SSSR count). The van der Waals surface area contributed by atoms with Crippen LogP contribution in [0.1, 0.15) is 30.4 Å². The summed E-state index contributed by atoms with van der Waals surface area (Å²) in [4.78, 5) is 14.8. The first-order valence-electron chi connectivity index (χ1n) is 8.92. The highest BCUT2D eigenvalue weighted by Gasteiger charge is 2.38. The maximum absolute atomic E-state index is 12.8. The van der Waals surface area contributed by atoms with Gasteiger partial charge in [0.15, 0.2) is 0 Å². The van der Waals surface area contributed by atoms with Crippen LogP contribution in [0.25, 0.3) is 0 Å². The highest BCUT2D eigenvalue weighted by molar-refractivity contribution is 6.42. The van der Waals surface area contributed by atoms with E-state index in [4.69, 9.17) is 23.2 Å². The summed E-state index contributed by atoms with van der Waals surface area (Å²) in [6.07, 6.45) is 2.82. The molecule has 0 bridgehead atoms. The van der Waals surface area contributed by atoms with Crippen LogP contribution in [-0.4, -0.2) is 35.6 Å². The molecular formula is C21H23Cl2NO2. The Morgan fingerprint density at radius 2 is 1.88 bits per heavy atom. The molecule has 1 saturated heterocycles. The van der Waals surface area contributed by atoms with Gasteiger partial charge in [0, 0.05) is 25.1 Å². The van der Waals surface area contributed by atoms with Gasteiger partial charge in [0.2, 0.25) is 5.91 Å². The van der Waals surface area contributed by atoms with Crippen molar-refractivity contribution in [2.45, 2.75) is 31.1 Å². The predicted molar refractivity (Wildman–Crippen MR) is 106 cm³/mol. The van der Waals surface area contributed by atoms with Gasteiger partial charge >= 0.3 is 0 Å². The van der Waals surface area contributed by atoms with Crippen molar-refractivity contribution in [3.05, 3.63) is 69.7 Å². The van der Waals surface area contributed by atoms with Crippen molar-refractivity contribution in [1.29, 1.82) is 0 Å². The second kappa shape index (κ2) is 8.43. The zero-order valence-electron chi connectivity index (χ0n) is 14.6. The third kappa shape index (κ3) is 4.22. The van der Waals surface area contributed by atoms with Crippen molar-refractivity contribution in [2.75, 3.05) is 19.7 Å².